The fourth-order valence-corrected chi connectivity index (χ4v) is 3.77. The maximum absolute atomic E-state index is 12.7. The highest BCUT2D eigenvalue weighted by atomic mass is 35.5. The van der Waals surface area contributed by atoms with Crippen molar-refractivity contribution in [1.29, 1.82) is 0 Å². The fraction of sp³-hybridized carbons (Fsp3) is 0.200. The van der Waals surface area contributed by atoms with E-state index in [4.69, 9.17) is 16.3 Å². The van der Waals surface area contributed by atoms with E-state index in [1.54, 1.807) is 35.2 Å². The Morgan fingerprint density at radius 1 is 1.00 bits per heavy atom. The lowest BCUT2D eigenvalue weighted by Crippen LogP contribution is -2.28. The topological polar surface area (TPSA) is 58.6 Å². The first-order valence-corrected chi connectivity index (χ1v) is 10.5. The molecule has 1 fully saturated rings. The maximum atomic E-state index is 12.7. The van der Waals surface area contributed by atoms with Crippen LogP contribution in [0.1, 0.15) is 17.5 Å². The molecule has 4 rings (SSSR count). The van der Waals surface area contributed by atoms with Crippen LogP contribution in [0.25, 0.3) is 0 Å². The third-order valence-electron chi connectivity index (χ3n) is 5.40. The molecule has 3 aromatic rings. The van der Waals surface area contributed by atoms with E-state index in [0.717, 1.165) is 17.0 Å². The Bertz CT molecular complexity index is 1110. The van der Waals surface area contributed by atoms with Crippen molar-refractivity contribution in [1.82, 2.24) is 0 Å². The summed E-state index contributed by atoms with van der Waals surface area (Å²) in [6, 6.07) is 20.4. The van der Waals surface area contributed by atoms with Gasteiger partial charge >= 0.3 is 0 Å². The molecule has 0 saturated carbocycles. The molecule has 2 amide bonds. The van der Waals surface area contributed by atoms with Crippen molar-refractivity contribution in [2.45, 2.75) is 20.3 Å². The van der Waals surface area contributed by atoms with Crippen molar-refractivity contribution in [2.75, 3.05) is 16.8 Å². The van der Waals surface area contributed by atoms with Gasteiger partial charge in [-0.15, -0.1) is 0 Å². The number of aryl methyl sites for hydroxylation is 1. The second kappa shape index (κ2) is 8.82. The molecule has 3 aromatic carbocycles. The Labute approximate surface area is 186 Å². The van der Waals surface area contributed by atoms with Gasteiger partial charge in [0.15, 0.2) is 0 Å². The Morgan fingerprint density at radius 2 is 1.65 bits per heavy atom. The van der Waals surface area contributed by atoms with Crippen LogP contribution in [-0.4, -0.2) is 18.4 Å². The third kappa shape index (κ3) is 4.72. The van der Waals surface area contributed by atoms with Gasteiger partial charge in [0.25, 0.3) is 0 Å². The Morgan fingerprint density at radius 3 is 2.32 bits per heavy atom. The zero-order chi connectivity index (χ0) is 22.0. The van der Waals surface area contributed by atoms with Crippen molar-refractivity contribution in [3.8, 4) is 11.5 Å². The summed E-state index contributed by atoms with van der Waals surface area (Å²) >= 11 is 6.19. The molecule has 0 bridgehead atoms. The van der Waals surface area contributed by atoms with Crippen LogP contribution in [0, 0.1) is 19.8 Å². The summed E-state index contributed by atoms with van der Waals surface area (Å²) in [6.07, 6.45) is 0.173. The highest BCUT2D eigenvalue weighted by molar-refractivity contribution is 6.31. The van der Waals surface area contributed by atoms with Crippen LogP contribution < -0.4 is 15.0 Å². The van der Waals surface area contributed by atoms with Crippen LogP contribution in [0.3, 0.4) is 0 Å². The normalized spacial score (nSPS) is 15.8. The molecule has 1 aliphatic heterocycles. The number of nitrogens with zero attached hydrogens (tertiary/aromatic N) is 1. The molecule has 158 valence electrons. The van der Waals surface area contributed by atoms with Crippen molar-refractivity contribution < 1.29 is 14.3 Å². The van der Waals surface area contributed by atoms with Crippen molar-refractivity contribution in [3.05, 3.63) is 82.9 Å². The quantitative estimate of drug-likeness (QED) is 0.557. The smallest absolute Gasteiger partial charge is 0.229 e. The molecule has 1 aliphatic rings. The predicted octanol–water partition coefficient (Wildman–Crippen LogP) is 5.74. The SMILES string of the molecule is Cc1ccc(Oc2ccc(NC(=O)[C@@H]3CC(=O)N(c4cccc(Cl)c4C)C3)cc2)cc1. The van der Waals surface area contributed by atoms with Crippen molar-refractivity contribution in [3.63, 3.8) is 0 Å². The number of nitrogens with one attached hydrogen (secondary N) is 1. The van der Waals surface area contributed by atoms with E-state index < -0.39 is 5.92 Å². The van der Waals surface area contributed by atoms with Gasteiger partial charge in [-0.05, 0) is 67.9 Å². The summed E-state index contributed by atoms with van der Waals surface area (Å²) in [5.74, 6) is 0.758. The third-order valence-corrected chi connectivity index (χ3v) is 5.81. The largest absolute Gasteiger partial charge is 0.457 e. The number of halogens is 1. The van der Waals surface area contributed by atoms with E-state index in [1.807, 2.05) is 50.2 Å². The lowest BCUT2D eigenvalue weighted by Gasteiger charge is -2.19. The van der Waals surface area contributed by atoms with Gasteiger partial charge in [-0.1, -0.05) is 35.4 Å². The minimum absolute atomic E-state index is 0.0765. The van der Waals surface area contributed by atoms with Crippen LogP contribution in [0.5, 0.6) is 11.5 Å². The van der Waals surface area contributed by atoms with Gasteiger partial charge in [-0.3, -0.25) is 9.59 Å². The first-order chi connectivity index (χ1) is 14.9. The van der Waals surface area contributed by atoms with E-state index in [0.29, 0.717) is 23.0 Å². The summed E-state index contributed by atoms with van der Waals surface area (Å²) in [7, 11) is 0. The van der Waals surface area contributed by atoms with Gasteiger partial charge < -0.3 is 15.0 Å². The Kier molecular flexibility index (Phi) is 5.96. The van der Waals surface area contributed by atoms with Crippen molar-refractivity contribution >= 4 is 34.8 Å². The molecule has 0 radical (unpaired) electrons. The summed E-state index contributed by atoms with van der Waals surface area (Å²) in [5, 5.41) is 3.50. The Hall–Kier alpha value is -3.31. The number of hydrogen-bond acceptors (Lipinski definition) is 3. The molecule has 0 unspecified atom stereocenters. The molecule has 0 aliphatic carbocycles. The van der Waals surface area contributed by atoms with E-state index in [-0.39, 0.29) is 18.2 Å². The van der Waals surface area contributed by atoms with Gasteiger partial charge in [-0.25, -0.2) is 0 Å². The average molecular weight is 435 g/mol. The van der Waals surface area contributed by atoms with Gasteiger partial charge in [0.1, 0.15) is 11.5 Å². The number of carbonyl (C=O) groups excluding carboxylic acids is 2. The molecule has 0 aromatic heterocycles. The Balaban J connectivity index is 1.38. The zero-order valence-corrected chi connectivity index (χ0v) is 18.1. The molecule has 1 atom stereocenters. The highest BCUT2D eigenvalue weighted by Crippen LogP contribution is 2.32. The summed E-state index contributed by atoms with van der Waals surface area (Å²) in [4.78, 5) is 26.9. The van der Waals surface area contributed by atoms with Gasteiger partial charge in [0, 0.05) is 29.4 Å². The lowest BCUT2D eigenvalue weighted by atomic mass is 10.1. The van der Waals surface area contributed by atoms with E-state index in [9.17, 15) is 9.59 Å². The molecule has 6 heteroatoms. The summed E-state index contributed by atoms with van der Waals surface area (Å²) in [5.41, 5.74) is 3.42. The number of ether oxygens (including phenoxy) is 1. The molecule has 1 saturated heterocycles. The van der Waals surface area contributed by atoms with Crippen LogP contribution in [0.4, 0.5) is 11.4 Å². The summed E-state index contributed by atoms with van der Waals surface area (Å²) in [6.45, 7) is 4.23. The highest BCUT2D eigenvalue weighted by Gasteiger charge is 2.35. The molecule has 31 heavy (non-hydrogen) atoms. The number of hydrogen-bond donors (Lipinski definition) is 1. The second-order valence-corrected chi connectivity index (χ2v) is 8.13. The van der Waals surface area contributed by atoms with Crippen LogP contribution in [0.15, 0.2) is 66.7 Å². The van der Waals surface area contributed by atoms with Gasteiger partial charge in [0.05, 0.1) is 5.92 Å². The minimum Gasteiger partial charge on any atom is -0.457 e. The van der Waals surface area contributed by atoms with Crippen LogP contribution >= 0.6 is 11.6 Å². The summed E-state index contributed by atoms with van der Waals surface area (Å²) < 4.78 is 5.82. The van der Waals surface area contributed by atoms with E-state index >= 15 is 0 Å². The fourth-order valence-electron chi connectivity index (χ4n) is 3.60. The zero-order valence-electron chi connectivity index (χ0n) is 17.4. The van der Waals surface area contributed by atoms with Gasteiger partial charge in [0.2, 0.25) is 11.8 Å². The number of rotatable bonds is 5. The molecular weight excluding hydrogens is 412 g/mol. The molecular formula is C25H23ClN2O3. The molecule has 1 N–H and O–H groups in total. The monoisotopic (exact) mass is 434 g/mol. The van der Waals surface area contributed by atoms with Crippen LogP contribution in [-0.2, 0) is 9.59 Å². The number of anilines is 2. The van der Waals surface area contributed by atoms with Crippen molar-refractivity contribution in [2.24, 2.45) is 5.92 Å². The molecule has 1 heterocycles. The second-order valence-electron chi connectivity index (χ2n) is 7.72. The van der Waals surface area contributed by atoms with E-state index in [1.165, 1.54) is 5.56 Å². The van der Waals surface area contributed by atoms with Gasteiger partial charge in [-0.2, -0.15) is 0 Å². The van der Waals surface area contributed by atoms with E-state index in [2.05, 4.69) is 5.32 Å². The average Bonchev–Trinajstić information content (AvgIpc) is 3.15. The molecule has 5 nitrogen and oxygen atoms in total. The molecule has 0 spiro atoms. The number of carbonyl (C=O) groups is 2. The first kappa shape index (κ1) is 20.9. The maximum Gasteiger partial charge on any atom is 0.229 e. The number of benzene rings is 3. The standard InChI is InChI=1S/C25H23ClN2O3/c1-16-6-10-20(11-7-16)31-21-12-8-19(9-13-21)27-25(30)18-14-24(29)28(15-18)23-5-3-4-22(26)17(23)2/h3-13,18H,14-15H2,1-2H3,(H,27,30)/t18-/m1/s1. The predicted molar refractivity (Wildman–Crippen MR) is 123 cm³/mol. The first-order valence-electron chi connectivity index (χ1n) is 10.1. The number of amides is 2. The lowest BCUT2D eigenvalue weighted by molar-refractivity contribution is -0.122. The minimum atomic E-state index is -0.422. The van der Waals surface area contributed by atoms with Crippen LogP contribution in [0.2, 0.25) is 5.02 Å².